The second kappa shape index (κ2) is 8.52. The third-order valence-corrected chi connectivity index (χ3v) is 2.15. The van der Waals surface area contributed by atoms with E-state index in [1.807, 2.05) is 0 Å². The number of hydrogen-bond acceptors (Lipinski definition) is 3. The molecule has 0 aromatic carbocycles. The van der Waals surface area contributed by atoms with E-state index in [4.69, 9.17) is 5.11 Å². The molecule has 0 unspecified atom stereocenters. The molecule has 0 bridgehead atoms. The molecule has 1 N–H and O–H groups in total. The highest BCUT2D eigenvalue weighted by Gasteiger charge is 2.32. The van der Waals surface area contributed by atoms with Gasteiger partial charge in [-0.1, -0.05) is 12.8 Å². The molecule has 18 heavy (non-hydrogen) atoms. The predicted octanol–water partition coefficient (Wildman–Crippen LogP) is 2.42. The molecule has 0 aromatic heterocycles. The Labute approximate surface area is 102 Å². The SMILES string of the molecule is O=C=NCCCCCCN(CC(F)(F)F)C(=O)O. The van der Waals surface area contributed by atoms with Crippen LogP contribution in [0.15, 0.2) is 4.99 Å². The molecule has 1 amide bonds. The van der Waals surface area contributed by atoms with Gasteiger partial charge in [0.1, 0.15) is 6.54 Å². The number of nitrogens with zero attached hydrogens (tertiary/aromatic N) is 2. The number of amides is 1. The number of hydrogen-bond donors (Lipinski definition) is 1. The van der Waals surface area contributed by atoms with Crippen LogP contribution in [0.1, 0.15) is 25.7 Å². The molecule has 0 aliphatic rings. The van der Waals surface area contributed by atoms with Gasteiger partial charge in [-0.3, -0.25) is 4.90 Å². The van der Waals surface area contributed by atoms with Crippen LogP contribution < -0.4 is 0 Å². The summed E-state index contributed by atoms with van der Waals surface area (Å²) in [6, 6.07) is 0. The summed E-state index contributed by atoms with van der Waals surface area (Å²) in [7, 11) is 0. The molecule has 104 valence electrons. The van der Waals surface area contributed by atoms with Crippen molar-refractivity contribution in [1.29, 1.82) is 0 Å². The maximum Gasteiger partial charge on any atom is 0.407 e. The van der Waals surface area contributed by atoms with Crippen LogP contribution in [0.2, 0.25) is 0 Å². The van der Waals surface area contributed by atoms with E-state index in [1.54, 1.807) is 0 Å². The Hall–Kier alpha value is -1.56. The summed E-state index contributed by atoms with van der Waals surface area (Å²) in [5, 5.41) is 8.58. The van der Waals surface area contributed by atoms with Crippen molar-refractivity contribution >= 4 is 12.2 Å². The van der Waals surface area contributed by atoms with E-state index in [2.05, 4.69) is 4.99 Å². The Bertz CT molecular complexity index is 301. The smallest absolute Gasteiger partial charge is 0.407 e. The number of rotatable bonds is 8. The minimum atomic E-state index is -4.52. The lowest BCUT2D eigenvalue weighted by atomic mass is 10.2. The van der Waals surface area contributed by atoms with Crippen LogP contribution in [0.25, 0.3) is 0 Å². The number of halogens is 3. The zero-order valence-corrected chi connectivity index (χ0v) is 9.74. The van der Waals surface area contributed by atoms with Gasteiger partial charge in [-0.2, -0.15) is 13.2 Å². The third-order valence-electron chi connectivity index (χ3n) is 2.15. The van der Waals surface area contributed by atoms with Crippen molar-refractivity contribution in [2.45, 2.75) is 31.9 Å². The van der Waals surface area contributed by atoms with Gasteiger partial charge in [0.05, 0.1) is 6.54 Å². The molecule has 0 aromatic rings. The maximum absolute atomic E-state index is 12.0. The van der Waals surface area contributed by atoms with Crippen LogP contribution in [-0.2, 0) is 4.79 Å². The number of carboxylic acid groups (broad SMARTS) is 1. The molecule has 0 saturated heterocycles. The summed E-state index contributed by atoms with van der Waals surface area (Å²) in [6.45, 7) is -1.25. The quantitative estimate of drug-likeness (QED) is 0.417. The molecule has 0 radical (unpaired) electrons. The van der Waals surface area contributed by atoms with Gasteiger partial charge in [0.25, 0.3) is 0 Å². The van der Waals surface area contributed by atoms with Crippen LogP contribution in [0.5, 0.6) is 0 Å². The second-order valence-corrected chi connectivity index (χ2v) is 3.71. The van der Waals surface area contributed by atoms with Crippen LogP contribution in [0.3, 0.4) is 0 Å². The fraction of sp³-hybridized carbons (Fsp3) is 0.800. The van der Waals surface area contributed by atoms with E-state index in [0.29, 0.717) is 37.1 Å². The van der Waals surface area contributed by atoms with Gasteiger partial charge in [0.2, 0.25) is 6.08 Å². The van der Waals surface area contributed by atoms with Gasteiger partial charge in [-0.15, -0.1) is 0 Å². The van der Waals surface area contributed by atoms with Crippen molar-refractivity contribution < 1.29 is 27.9 Å². The minimum Gasteiger partial charge on any atom is -0.465 e. The number of aliphatic imine (C=N–C) groups is 1. The van der Waals surface area contributed by atoms with Crippen molar-refractivity contribution in [1.82, 2.24) is 4.90 Å². The van der Waals surface area contributed by atoms with Crippen molar-refractivity contribution in [3.05, 3.63) is 0 Å². The van der Waals surface area contributed by atoms with Gasteiger partial charge >= 0.3 is 12.3 Å². The van der Waals surface area contributed by atoms with E-state index >= 15 is 0 Å². The lowest BCUT2D eigenvalue weighted by molar-refractivity contribution is -0.142. The topological polar surface area (TPSA) is 70.0 Å². The summed E-state index contributed by atoms with van der Waals surface area (Å²) in [4.78, 5) is 23.9. The Morgan fingerprint density at radius 3 is 2.33 bits per heavy atom. The van der Waals surface area contributed by atoms with E-state index in [0.717, 1.165) is 0 Å². The number of alkyl halides is 3. The van der Waals surface area contributed by atoms with Gasteiger partial charge in [-0.25, -0.2) is 14.6 Å². The van der Waals surface area contributed by atoms with Gasteiger partial charge in [0.15, 0.2) is 0 Å². The number of carbonyl (C=O) groups is 1. The number of unbranched alkanes of at least 4 members (excludes halogenated alkanes) is 3. The molecular formula is C10H15F3N2O3. The monoisotopic (exact) mass is 268 g/mol. The second-order valence-electron chi connectivity index (χ2n) is 3.71. The molecule has 0 atom stereocenters. The fourth-order valence-corrected chi connectivity index (χ4v) is 1.35. The Morgan fingerprint density at radius 2 is 1.83 bits per heavy atom. The first-order valence-corrected chi connectivity index (χ1v) is 5.45. The number of carbonyl (C=O) groups excluding carboxylic acids is 1. The summed E-state index contributed by atoms with van der Waals surface area (Å²) in [6.07, 6.45) is -2.43. The molecule has 0 aliphatic carbocycles. The average Bonchev–Trinajstić information content (AvgIpc) is 2.24. The highest BCUT2D eigenvalue weighted by Crippen LogP contribution is 2.17. The van der Waals surface area contributed by atoms with Gasteiger partial charge in [-0.05, 0) is 12.8 Å². The van der Waals surface area contributed by atoms with E-state index in [-0.39, 0.29) is 6.54 Å². The lowest BCUT2D eigenvalue weighted by Crippen LogP contribution is -2.38. The summed E-state index contributed by atoms with van der Waals surface area (Å²) in [5.41, 5.74) is 0. The summed E-state index contributed by atoms with van der Waals surface area (Å²) in [5.74, 6) is 0. The highest BCUT2D eigenvalue weighted by atomic mass is 19.4. The normalized spacial score (nSPS) is 10.8. The first kappa shape index (κ1) is 16.4. The molecule has 8 heteroatoms. The number of isocyanates is 1. The maximum atomic E-state index is 12.0. The van der Waals surface area contributed by atoms with E-state index in [1.165, 1.54) is 6.08 Å². The van der Waals surface area contributed by atoms with Crippen molar-refractivity contribution in [3.63, 3.8) is 0 Å². The molecule has 0 heterocycles. The Kier molecular flexibility index (Phi) is 7.78. The van der Waals surface area contributed by atoms with Gasteiger partial charge in [0, 0.05) is 6.54 Å². The molecule has 0 saturated carbocycles. The third kappa shape index (κ3) is 9.65. The van der Waals surface area contributed by atoms with Gasteiger partial charge < -0.3 is 5.11 Å². The first-order valence-electron chi connectivity index (χ1n) is 5.45. The fourth-order valence-electron chi connectivity index (χ4n) is 1.35. The Balaban J connectivity index is 3.78. The van der Waals surface area contributed by atoms with Crippen LogP contribution in [-0.4, -0.2) is 48.0 Å². The summed E-state index contributed by atoms with van der Waals surface area (Å²) >= 11 is 0. The largest absolute Gasteiger partial charge is 0.465 e. The Morgan fingerprint density at radius 1 is 1.22 bits per heavy atom. The van der Waals surface area contributed by atoms with E-state index < -0.39 is 18.8 Å². The molecule has 0 spiro atoms. The standard InChI is InChI=1S/C10H15F3N2O3/c11-10(12,13)7-15(9(17)18)6-4-2-1-3-5-14-8-16/h1-7H2,(H,17,18). The lowest BCUT2D eigenvalue weighted by Gasteiger charge is -2.20. The minimum absolute atomic E-state index is 0.147. The average molecular weight is 268 g/mol. The van der Waals surface area contributed by atoms with Crippen molar-refractivity contribution in [2.75, 3.05) is 19.6 Å². The van der Waals surface area contributed by atoms with Crippen LogP contribution >= 0.6 is 0 Å². The van der Waals surface area contributed by atoms with Crippen molar-refractivity contribution in [2.24, 2.45) is 4.99 Å². The van der Waals surface area contributed by atoms with Crippen LogP contribution in [0.4, 0.5) is 18.0 Å². The zero-order valence-electron chi connectivity index (χ0n) is 9.74. The predicted molar refractivity (Wildman–Crippen MR) is 57.1 cm³/mol. The summed E-state index contributed by atoms with van der Waals surface area (Å²) < 4.78 is 36.1. The zero-order chi connectivity index (χ0) is 14.0. The van der Waals surface area contributed by atoms with E-state index in [9.17, 15) is 22.8 Å². The molecule has 0 aliphatic heterocycles. The molecule has 5 nitrogen and oxygen atoms in total. The highest BCUT2D eigenvalue weighted by molar-refractivity contribution is 5.64. The van der Waals surface area contributed by atoms with Crippen molar-refractivity contribution in [3.8, 4) is 0 Å². The molecule has 0 fully saturated rings. The van der Waals surface area contributed by atoms with Crippen LogP contribution in [0, 0.1) is 0 Å². The molecule has 0 rings (SSSR count). The molecular weight excluding hydrogens is 253 g/mol. The first-order chi connectivity index (χ1) is 8.37.